The van der Waals surface area contributed by atoms with Crippen molar-refractivity contribution < 1.29 is 9.84 Å². The Hall–Kier alpha value is -0.200. The number of rotatable bonds is 6. The summed E-state index contributed by atoms with van der Waals surface area (Å²) in [5.41, 5.74) is 0. The van der Waals surface area contributed by atoms with Gasteiger partial charge >= 0.3 is 0 Å². The second-order valence-corrected chi connectivity index (χ2v) is 4.66. The highest BCUT2D eigenvalue weighted by Gasteiger charge is 2.21. The van der Waals surface area contributed by atoms with Crippen LogP contribution in [0.1, 0.15) is 0 Å². The number of hydrogen-bond donors (Lipinski definition) is 2. The summed E-state index contributed by atoms with van der Waals surface area (Å²) >= 11 is 0. The number of likely N-dealkylation sites (N-methyl/N-ethyl adjacent to an activating group) is 2. The number of nitrogens with one attached hydrogen (secondary N) is 1. The molecule has 0 amide bonds. The average Bonchev–Trinajstić information content (AvgIpc) is 2.23. The third-order valence-electron chi connectivity index (χ3n) is 3.10. The fourth-order valence-electron chi connectivity index (χ4n) is 1.99. The summed E-state index contributed by atoms with van der Waals surface area (Å²) in [7, 11) is 5.91. The van der Waals surface area contributed by atoms with Crippen LogP contribution in [0.25, 0.3) is 0 Å². The summed E-state index contributed by atoms with van der Waals surface area (Å²) in [6.45, 7) is 5.25. The summed E-state index contributed by atoms with van der Waals surface area (Å²) < 4.78 is 4.88. The monoisotopic (exact) mass is 231 g/mol. The Kier molecular flexibility index (Phi) is 6.23. The Morgan fingerprint density at radius 2 is 2.19 bits per heavy atom. The molecule has 5 nitrogen and oxygen atoms in total. The molecular formula is C11H25N3O2. The maximum Gasteiger partial charge on any atom is 0.0897 e. The molecular weight excluding hydrogens is 206 g/mol. The zero-order valence-electron chi connectivity index (χ0n) is 10.6. The van der Waals surface area contributed by atoms with Crippen LogP contribution in [-0.2, 0) is 4.74 Å². The van der Waals surface area contributed by atoms with Crippen molar-refractivity contribution in [1.29, 1.82) is 0 Å². The van der Waals surface area contributed by atoms with E-state index < -0.39 is 6.10 Å². The maximum absolute atomic E-state index is 9.49. The molecule has 1 rings (SSSR count). The number of nitrogens with zero attached hydrogens (tertiary/aromatic N) is 2. The van der Waals surface area contributed by atoms with E-state index in [1.807, 2.05) is 0 Å². The van der Waals surface area contributed by atoms with Crippen molar-refractivity contribution in [3.63, 3.8) is 0 Å². The summed E-state index contributed by atoms with van der Waals surface area (Å²) in [5.74, 6) is 0. The van der Waals surface area contributed by atoms with E-state index in [4.69, 9.17) is 4.74 Å². The van der Waals surface area contributed by atoms with Gasteiger partial charge in [-0.3, -0.25) is 4.90 Å². The highest BCUT2D eigenvalue weighted by molar-refractivity contribution is 4.80. The zero-order valence-corrected chi connectivity index (χ0v) is 10.6. The van der Waals surface area contributed by atoms with Crippen LogP contribution in [0.15, 0.2) is 0 Å². The zero-order chi connectivity index (χ0) is 12.0. The highest BCUT2D eigenvalue weighted by atomic mass is 16.5. The van der Waals surface area contributed by atoms with E-state index in [9.17, 15) is 5.11 Å². The molecule has 2 unspecified atom stereocenters. The minimum Gasteiger partial charge on any atom is -0.389 e. The number of aliphatic hydroxyl groups excluding tert-OH is 1. The van der Waals surface area contributed by atoms with Crippen molar-refractivity contribution in [2.24, 2.45) is 0 Å². The first-order valence-corrected chi connectivity index (χ1v) is 5.90. The lowest BCUT2D eigenvalue weighted by molar-refractivity contribution is 0.0603. The van der Waals surface area contributed by atoms with Crippen molar-refractivity contribution in [3.8, 4) is 0 Å². The van der Waals surface area contributed by atoms with Crippen molar-refractivity contribution >= 4 is 0 Å². The summed E-state index contributed by atoms with van der Waals surface area (Å²) in [5, 5.41) is 12.8. The number of methoxy groups -OCH3 is 1. The SMILES string of the molecule is COCC(O)CNCC1CN(C)CCN1C. The van der Waals surface area contributed by atoms with Crippen LogP contribution in [0.2, 0.25) is 0 Å². The van der Waals surface area contributed by atoms with Crippen LogP contribution in [0, 0.1) is 0 Å². The van der Waals surface area contributed by atoms with Gasteiger partial charge in [-0.05, 0) is 14.1 Å². The Labute approximate surface area is 98.4 Å². The van der Waals surface area contributed by atoms with E-state index in [0.717, 1.165) is 26.2 Å². The van der Waals surface area contributed by atoms with Crippen molar-refractivity contribution in [2.75, 3.05) is 60.5 Å². The fourth-order valence-corrected chi connectivity index (χ4v) is 1.99. The van der Waals surface area contributed by atoms with Gasteiger partial charge in [-0.1, -0.05) is 0 Å². The van der Waals surface area contributed by atoms with Gasteiger partial charge in [-0.2, -0.15) is 0 Å². The van der Waals surface area contributed by atoms with Gasteiger partial charge in [-0.15, -0.1) is 0 Å². The van der Waals surface area contributed by atoms with Gasteiger partial charge in [0.2, 0.25) is 0 Å². The van der Waals surface area contributed by atoms with Crippen LogP contribution in [0.5, 0.6) is 0 Å². The highest BCUT2D eigenvalue weighted by Crippen LogP contribution is 2.04. The van der Waals surface area contributed by atoms with Gasteiger partial charge in [0.25, 0.3) is 0 Å². The van der Waals surface area contributed by atoms with Crippen LogP contribution in [0.4, 0.5) is 0 Å². The molecule has 0 saturated carbocycles. The van der Waals surface area contributed by atoms with E-state index in [1.54, 1.807) is 7.11 Å². The number of ether oxygens (including phenoxy) is 1. The molecule has 2 N–H and O–H groups in total. The summed E-state index contributed by atoms with van der Waals surface area (Å²) in [4.78, 5) is 4.72. The van der Waals surface area contributed by atoms with E-state index >= 15 is 0 Å². The van der Waals surface area contributed by atoms with Gasteiger partial charge in [0.1, 0.15) is 0 Å². The predicted octanol–water partition coefficient (Wildman–Crippen LogP) is -1.17. The van der Waals surface area contributed by atoms with E-state index in [2.05, 4.69) is 29.2 Å². The third kappa shape index (κ3) is 4.76. The lowest BCUT2D eigenvalue weighted by atomic mass is 10.2. The second kappa shape index (κ2) is 7.19. The minimum atomic E-state index is -0.406. The molecule has 1 aliphatic rings. The average molecular weight is 231 g/mol. The van der Waals surface area contributed by atoms with Gasteiger partial charge in [0.05, 0.1) is 12.7 Å². The maximum atomic E-state index is 9.49. The van der Waals surface area contributed by atoms with E-state index in [-0.39, 0.29) is 0 Å². The molecule has 1 aliphatic heterocycles. The quantitative estimate of drug-likeness (QED) is 0.603. The van der Waals surface area contributed by atoms with Crippen LogP contribution in [-0.4, -0.2) is 87.6 Å². The van der Waals surface area contributed by atoms with Crippen molar-refractivity contribution in [2.45, 2.75) is 12.1 Å². The molecule has 16 heavy (non-hydrogen) atoms. The molecule has 0 aromatic heterocycles. The Bertz CT molecular complexity index is 192. The molecule has 0 radical (unpaired) electrons. The summed E-state index contributed by atoms with van der Waals surface area (Å²) in [6.07, 6.45) is -0.406. The topological polar surface area (TPSA) is 48.0 Å². The third-order valence-corrected chi connectivity index (χ3v) is 3.10. The Morgan fingerprint density at radius 3 is 2.88 bits per heavy atom. The number of hydrogen-bond acceptors (Lipinski definition) is 5. The van der Waals surface area contributed by atoms with Crippen LogP contribution >= 0.6 is 0 Å². The van der Waals surface area contributed by atoms with Crippen molar-refractivity contribution in [1.82, 2.24) is 15.1 Å². The normalized spacial score (nSPS) is 25.9. The smallest absolute Gasteiger partial charge is 0.0897 e. The lowest BCUT2D eigenvalue weighted by Crippen LogP contribution is -2.54. The van der Waals surface area contributed by atoms with Crippen LogP contribution < -0.4 is 5.32 Å². The van der Waals surface area contributed by atoms with Gasteiger partial charge in [0.15, 0.2) is 0 Å². The first kappa shape index (κ1) is 13.9. The van der Waals surface area contributed by atoms with E-state index in [0.29, 0.717) is 19.2 Å². The molecule has 0 aliphatic carbocycles. The first-order valence-electron chi connectivity index (χ1n) is 5.90. The van der Waals surface area contributed by atoms with Crippen LogP contribution in [0.3, 0.4) is 0 Å². The first-order chi connectivity index (χ1) is 7.63. The number of aliphatic hydroxyl groups is 1. The molecule has 1 fully saturated rings. The molecule has 96 valence electrons. The second-order valence-electron chi connectivity index (χ2n) is 4.66. The molecule has 1 saturated heterocycles. The van der Waals surface area contributed by atoms with E-state index in [1.165, 1.54) is 0 Å². The molecule has 0 aromatic rings. The fraction of sp³-hybridized carbons (Fsp3) is 1.00. The molecule has 5 heteroatoms. The van der Waals surface area contributed by atoms with Gasteiger partial charge in [0, 0.05) is 45.9 Å². The Balaban J connectivity index is 2.15. The Morgan fingerprint density at radius 1 is 1.44 bits per heavy atom. The molecule has 0 bridgehead atoms. The van der Waals surface area contributed by atoms with Crippen molar-refractivity contribution in [3.05, 3.63) is 0 Å². The molecule has 0 aromatic carbocycles. The lowest BCUT2D eigenvalue weighted by Gasteiger charge is -2.37. The molecule has 1 heterocycles. The van der Waals surface area contributed by atoms with Gasteiger partial charge < -0.3 is 20.1 Å². The molecule has 2 atom stereocenters. The standard InChI is InChI=1S/C11H25N3O2/c1-13-4-5-14(2)10(8-13)6-12-7-11(15)9-16-3/h10-12,15H,4-9H2,1-3H3. The minimum absolute atomic E-state index is 0.396. The van der Waals surface area contributed by atoms with Gasteiger partial charge in [-0.25, -0.2) is 0 Å². The predicted molar refractivity (Wildman–Crippen MR) is 64.7 cm³/mol. The summed E-state index contributed by atoms with van der Waals surface area (Å²) in [6, 6.07) is 0.536. The largest absolute Gasteiger partial charge is 0.389 e. The molecule has 0 spiro atoms. The number of piperazine rings is 1.